The van der Waals surface area contributed by atoms with Crippen molar-refractivity contribution in [2.24, 2.45) is 5.92 Å². The zero-order chi connectivity index (χ0) is 11.4. The van der Waals surface area contributed by atoms with E-state index < -0.39 is 5.97 Å². The van der Waals surface area contributed by atoms with Crippen LogP contribution in [-0.4, -0.2) is 27.0 Å². The van der Waals surface area contributed by atoms with Gasteiger partial charge in [-0.2, -0.15) is 0 Å². The SMILES string of the molecule is CC(C)C(=O)Nc1nccc(C(=O)O)n1. The molecule has 0 radical (unpaired) electrons. The number of anilines is 1. The first-order chi connectivity index (χ1) is 7.00. The molecule has 6 nitrogen and oxygen atoms in total. The molecule has 0 unspecified atom stereocenters. The molecule has 2 N–H and O–H groups in total. The van der Waals surface area contributed by atoms with Crippen molar-refractivity contribution in [2.75, 3.05) is 5.32 Å². The van der Waals surface area contributed by atoms with Crippen LogP contribution in [0.25, 0.3) is 0 Å². The second kappa shape index (κ2) is 4.50. The summed E-state index contributed by atoms with van der Waals surface area (Å²) in [5, 5.41) is 11.1. The van der Waals surface area contributed by atoms with Crippen LogP contribution in [0.15, 0.2) is 12.3 Å². The summed E-state index contributed by atoms with van der Waals surface area (Å²) in [6.07, 6.45) is 1.28. The summed E-state index contributed by atoms with van der Waals surface area (Å²) in [7, 11) is 0. The van der Waals surface area contributed by atoms with Gasteiger partial charge in [0.15, 0.2) is 5.69 Å². The number of hydrogen-bond acceptors (Lipinski definition) is 4. The van der Waals surface area contributed by atoms with Crippen LogP contribution in [0.1, 0.15) is 24.3 Å². The molecular weight excluding hydrogens is 198 g/mol. The second-order valence-corrected chi connectivity index (χ2v) is 3.21. The number of rotatable bonds is 3. The highest BCUT2D eigenvalue weighted by atomic mass is 16.4. The van der Waals surface area contributed by atoms with Gasteiger partial charge in [-0.05, 0) is 6.07 Å². The smallest absolute Gasteiger partial charge is 0.354 e. The van der Waals surface area contributed by atoms with E-state index in [-0.39, 0.29) is 23.5 Å². The third-order valence-electron chi connectivity index (χ3n) is 1.63. The minimum atomic E-state index is -1.16. The standard InChI is InChI=1S/C9H11N3O3/c1-5(2)7(13)12-9-10-4-3-6(11-9)8(14)15/h3-5H,1-2H3,(H,14,15)(H,10,11,12,13). The lowest BCUT2D eigenvalue weighted by molar-refractivity contribution is -0.118. The average molecular weight is 209 g/mol. The van der Waals surface area contributed by atoms with E-state index >= 15 is 0 Å². The lowest BCUT2D eigenvalue weighted by Gasteiger charge is -2.05. The molecule has 1 heterocycles. The van der Waals surface area contributed by atoms with Crippen LogP contribution in [0, 0.1) is 5.92 Å². The molecule has 0 aliphatic rings. The molecule has 0 atom stereocenters. The van der Waals surface area contributed by atoms with E-state index in [1.807, 2.05) is 0 Å². The lowest BCUT2D eigenvalue weighted by Crippen LogP contribution is -2.20. The normalized spacial score (nSPS) is 10.1. The van der Waals surface area contributed by atoms with Crippen LogP contribution >= 0.6 is 0 Å². The predicted octanol–water partition coefficient (Wildman–Crippen LogP) is 0.769. The second-order valence-electron chi connectivity index (χ2n) is 3.21. The summed E-state index contributed by atoms with van der Waals surface area (Å²) in [4.78, 5) is 29.2. The molecule has 0 fully saturated rings. The van der Waals surface area contributed by atoms with E-state index in [2.05, 4.69) is 15.3 Å². The first-order valence-corrected chi connectivity index (χ1v) is 4.38. The van der Waals surface area contributed by atoms with E-state index in [9.17, 15) is 9.59 Å². The van der Waals surface area contributed by atoms with Crippen molar-refractivity contribution >= 4 is 17.8 Å². The summed E-state index contributed by atoms with van der Waals surface area (Å²) in [5.74, 6) is -1.61. The molecule has 0 saturated carbocycles. The van der Waals surface area contributed by atoms with Crippen molar-refractivity contribution in [1.29, 1.82) is 0 Å². The van der Waals surface area contributed by atoms with Gasteiger partial charge < -0.3 is 5.11 Å². The van der Waals surface area contributed by atoms with Gasteiger partial charge in [0.25, 0.3) is 0 Å². The van der Waals surface area contributed by atoms with Gasteiger partial charge in [0, 0.05) is 12.1 Å². The summed E-state index contributed by atoms with van der Waals surface area (Å²) in [5.41, 5.74) is -0.149. The van der Waals surface area contributed by atoms with Crippen LogP contribution in [0.5, 0.6) is 0 Å². The number of aromatic nitrogens is 2. The Bertz CT molecular complexity index is 390. The van der Waals surface area contributed by atoms with E-state index in [0.717, 1.165) is 0 Å². The van der Waals surface area contributed by atoms with Gasteiger partial charge in [0.05, 0.1) is 0 Å². The third kappa shape index (κ3) is 3.01. The topological polar surface area (TPSA) is 92.2 Å². The number of hydrogen-bond donors (Lipinski definition) is 2. The van der Waals surface area contributed by atoms with E-state index in [1.165, 1.54) is 12.3 Å². The Kier molecular flexibility index (Phi) is 3.33. The molecule has 0 aliphatic carbocycles. The minimum Gasteiger partial charge on any atom is -0.477 e. The summed E-state index contributed by atoms with van der Waals surface area (Å²) in [6.45, 7) is 3.44. The molecule has 0 aromatic carbocycles. The maximum absolute atomic E-state index is 11.3. The fourth-order valence-electron chi connectivity index (χ4n) is 0.793. The highest BCUT2D eigenvalue weighted by molar-refractivity contribution is 5.91. The number of carbonyl (C=O) groups is 2. The van der Waals surface area contributed by atoms with Crippen LogP contribution in [0.2, 0.25) is 0 Å². The highest BCUT2D eigenvalue weighted by Crippen LogP contribution is 2.03. The molecule has 0 spiro atoms. The van der Waals surface area contributed by atoms with E-state index in [1.54, 1.807) is 13.8 Å². The minimum absolute atomic E-state index is 0.00796. The number of nitrogens with one attached hydrogen (secondary N) is 1. The van der Waals surface area contributed by atoms with Crippen molar-refractivity contribution in [3.05, 3.63) is 18.0 Å². The van der Waals surface area contributed by atoms with Gasteiger partial charge >= 0.3 is 5.97 Å². The van der Waals surface area contributed by atoms with Crippen molar-refractivity contribution in [2.45, 2.75) is 13.8 Å². The molecule has 1 rings (SSSR count). The molecule has 15 heavy (non-hydrogen) atoms. The molecule has 1 aromatic heterocycles. The van der Waals surface area contributed by atoms with Crippen LogP contribution in [-0.2, 0) is 4.79 Å². The van der Waals surface area contributed by atoms with Crippen LogP contribution < -0.4 is 5.32 Å². The molecule has 0 saturated heterocycles. The van der Waals surface area contributed by atoms with Crippen molar-refractivity contribution in [3.63, 3.8) is 0 Å². The number of nitrogens with zero attached hydrogens (tertiary/aromatic N) is 2. The Morgan fingerprint density at radius 2 is 2.13 bits per heavy atom. The monoisotopic (exact) mass is 209 g/mol. The highest BCUT2D eigenvalue weighted by Gasteiger charge is 2.10. The Hall–Kier alpha value is -1.98. The molecule has 0 bridgehead atoms. The van der Waals surface area contributed by atoms with Crippen LogP contribution in [0.3, 0.4) is 0 Å². The fourth-order valence-corrected chi connectivity index (χ4v) is 0.793. The third-order valence-corrected chi connectivity index (χ3v) is 1.63. The van der Waals surface area contributed by atoms with E-state index in [4.69, 9.17) is 5.11 Å². The molecule has 1 amide bonds. The maximum Gasteiger partial charge on any atom is 0.354 e. The molecular formula is C9H11N3O3. The first-order valence-electron chi connectivity index (χ1n) is 4.38. The largest absolute Gasteiger partial charge is 0.477 e. The van der Waals surface area contributed by atoms with Crippen molar-refractivity contribution in [3.8, 4) is 0 Å². The van der Waals surface area contributed by atoms with Crippen molar-refractivity contribution < 1.29 is 14.7 Å². The Labute approximate surface area is 86.4 Å². The average Bonchev–Trinajstić information content (AvgIpc) is 2.18. The number of carboxylic acid groups (broad SMARTS) is 1. The molecule has 80 valence electrons. The van der Waals surface area contributed by atoms with Gasteiger partial charge in [-0.1, -0.05) is 13.8 Å². The predicted molar refractivity (Wildman–Crippen MR) is 52.5 cm³/mol. The zero-order valence-corrected chi connectivity index (χ0v) is 8.39. The fraction of sp³-hybridized carbons (Fsp3) is 0.333. The van der Waals surface area contributed by atoms with E-state index in [0.29, 0.717) is 0 Å². The zero-order valence-electron chi connectivity index (χ0n) is 8.39. The summed E-state index contributed by atoms with van der Waals surface area (Å²) < 4.78 is 0. The van der Waals surface area contributed by atoms with Crippen molar-refractivity contribution in [1.82, 2.24) is 9.97 Å². The van der Waals surface area contributed by atoms with Gasteiger partial charge in [-0.25, -0.2) is 14.8 Å². The lowest BCUT2D eigenvalue weighted by atomic mass is 10.2. The number of carbonyl (C=O) groups excluding carboxylic acids is 1. The Balaban J connectivity index is 2.83. The van der Waals surface area contributed by atoms with Crippen LogP contribution in [0.4, 0.5) is 5.95 Å². The Morgan fingerprint density at radius 1 is 1.47 bits per heavy atom. The summed E-state index contributed by atoms with van der Waals surface area (Å²) in [6, 6.07) is 1.26. The van der Waals surface area contributed by atoms with Gasteiger partial charge in [0.2, 0.25) is 11.9 Å². The number of amides is 1. The maximum atomic E-state index is 11.3. The number of aromatic carboxylic acids is 1. The van der Waals surface area contributed by atoms with Gasteiger partial charge in [0.1, 0.15) is 0 Å². The molecule has 6 heteroatoms. The Morgan fingerprint density at radius 3 is 2.67 bits per heavy atom. The summed E-state index contributed by atoms with van der Waals surface area (Å²) >= 11 is 0. The van der Waals surface area contributed by atoms with Gasteiger partial charge in [-0.3, -0.25) is 10.1 Å². The quantitative estimate of drug-likeness (QED) is 0.767. The molecule has 1 aromatic rings. The first kappa shape index (κ1) is 11.1. The number of carboxylic acids is 1. The van der Waals surface area contributed by atoms with Gasteiger partial charge in [-0.15, -0.1) is 0 Å². The molecule has 0 aliphatic heterocycles.